The Kier molecular flexibility index (Phi) is 6.30. The standard InChI is InChI=1S/C26H27N3O.ClH/c1-28(2)17-10-18-29-22-15-8-6-13-20(22)24-25(19-11-4-3-5-12-19)27-30-26(24)21-14-7-9-16-23(21)29;/h3-9,11-16,24,26H,10,17-18H2,1-2H3;1H. The van der Waals surface area contributed by atoms with Gasteiger partial charge in [0.1, 0.15) is 0 Å². The fourth-order valence-corrected chi connectivity index (χ4v) is 4.65. The van der Waals surface area contributed by atoms with Gasteiger partial charge in [-0.25, -0.2) is 0 Å². The van der Waals surface area contributed by atoms with Crippen LogP contribution in [0.2, 0.25) is 0 Å². The molecule has 0 saturated heterocycles. The highest BCUT2D eigenvalue weighted by atomic mass is 35.5. The molecule has 31 heavy (non-hydrogen) atoms. The first kappa shape index (κ1) is 21.4. The van der Waals surface area contributed by atoms with Gasteiger partial charge in [0.05, 0.1) is 11.6 Å². The molecule has 0 aliphatic carbocycles. The Morgan fingerprint density at radius 1 is 0.839 bits per heavy atom. The first-order valence-electron chi connectivity index (χ1n) is 10.6. The quantitative estimate of drug-likeness (QED) is 0.511. The second-order valence-corrected chi connectivity index (χ2v) is 8.27. The van der Waals surface area contributed by atoms with Crippen molar-refractivity contribution in [3.8, 4) is 0 Å². The average molecular weight is 434 g/mol. The molecule has 0 saturated carbocycles. The number of para-hydroxylation sites is 2. The van der Waals surface area contributed by atoms with Crippen molar-refractivity contribution in [1.82, 2.24) is 4.90 Å². The predicted molar refractivity (Wildman–Crippen MR) is 130 cm³/mol. The van der Waals surface area contributed by atoms with Gasteiger partial charge in [-0.2, -0.15) is 0 Å². The van der Waals surface area contributed by atoms with Crippen molar-refractivity contribution in [3.63, 3.8) is 0 Å². The summed E-state index contributed by atoms with van der Waals surface area (Å²) in [6.07, 6.45) is 0.974. The Morgan fingerprint density at radius 3 is 2.16 bits per heavy atom. The van der Waals surface area contributed by atoms with Gasteiger partial charge < -0.3 is 14.6 Å². The van der Waals surface area contributed by atoms with E-state index in [9.17, 15) is 0 Å². The molecular formula is C26H28ClN3O. The number of fused-ring (bicyclic) bond motifs is 5. The minimum absolute atomic E-state index is 0. The molecular weight excluding hydrogens is 406 g/mol. The van der Waals surface area contributed by atoms with E-state index in [4.69, 9.17) is 4.84 Å². The first-order chi connectivity index (χ1) is 14.7. The van der Waals surface area contributed by atoms with Crippen molar-refractivity contribution in [2.75, 3.05) is 32.1 Å². The second kappa shape index (κ2) is 9.13. The summed E-state index contributed by atoms with van der Waals surface area (Å²) in [6, 6.07) is 27.8. The minimum atomic E-state index is -0.114. The van der Waals surface area contributed by atoms with Crippen molar-refractivity contribution in [2.24, 2.45) is 5.16 Å². The van der Waals surface area contributed by atoms with Crippen LogP contribution < -0.4 is 4.90 Å². The van der Waals surface area contributed by atoms with Crippen molar-refractivity contribution < 1.29 is 4.84 Å². The first-order valence-corrected chi connectivity index (χ1v) is 10.6. The van der Waals surface area contributed by atoms with E-state index in [0.717, 1.165) is 30.8 Å². The van der Waals surface area contributed by atoms with E-state index in [-0.39, 0.29) is 24.4 Å². The molecule has 0 spiro atoms. The maximum absolute atomic E-state index is 6.13. The molecule has 2 aliphatic rings. The summed E-state index contributed by atoms with van der Waals surface area (Å²) in [7, 11) is 4.26. The van der Waals surface area contributed by atoms with Crippen LogP contribution in [0.15, 0.2) is 84.0 Å². The largest absolute Gasteiger partial charge is 0.386 e. The van der Waals surface area contributed by atoms with E-state index in [1.54, 1.807) is 0 Å². The van der Waals surface area contributed by atoms with Crippen LogP contribution in [0.3, 0.4) is 0 Å². The fraction of sp³-hybridized carbons (Fsp3) is 0.269. The van der Waals surface area contributed by atoms with Crippen LogP contribution in [0.1, 0.15) is 35.1 Å². The highest BCUT2D eigenvalue weighted by molar-refractivity contribution is 6.07. The lowest BCUT2D eigenvalue weighted by Crippen LogP contribution is -2.24. The smallest absolute Gasteiger partial charge is 0.167 e. The fourth-order valence-electron chi connectivity index (χ4n) is 4.65. The SMILES string of the molecule is CN(C)CCCN1c2ccccc2C2ON=C(c3ccccc3)C2c2ccccc21.Cl. The topological polar surface area (TPSA) is 28.1 Å². The zero-order valence-electron chi connectivity index (χ0n) is 17.9. The molecule has 5 heteroatoms. The van der Waals surface area contributed by atoms with Crippen molar-refractivity contribution >= 4 is 29.5 Å². The molecule has 160 valence electrons. The maximum atomic E-state index is 6.13. The highest BCUT2D eigenvalue weighted by Gasteiger charge is 2.42. The summed E-state index contributed by atoms with van der Waals surface area (Å²) >= 11 is 0. The van der Waals surface area contributed by atoms with Gasteiger partial charge in [0.15, 0.2) is 6.10 Å². The number of anilines is 2. The van der Waals surface area contributed by atoms with E-state index < -0.39 is 0 Å². The zero-order chi connectivity index (χ0) is 20.5. The Bertz CT molecular complexity index is 1070. The monoisotopic (exact) mass is 433 g/mol. The molecule has 0 amide bonds. The van der Waals surface area contributed by atoms with Crippen LogP contribution in [0.5, 0.6) is 0 Å². The molecule has 0 fully saturated rings. The predicted octanol–water partition coefficient (Wildman–Crippen LogP) is 5.77. The molecule has 0 bridgehead atoms. The summed E-state index contributed by atoms with van der Waals surface area (Å²) < 4.78 is 0. The minimum Gasteiger partial charge on any atom is -0.386 e. The van der Waals surface area contributed by atoms with E-state index in [2.05, 4.69) is 102 Å². The van der Waals surface area contributed by atoms with Crippen molar-refractivity contribution in [1.29, 1.82) is 0 Å². The number of hydrogen-bond acceptors (Lipinski definition) is 4. The van der Waals surface area contributed by atoms with Gasteiger partial charge in [0.25, 0.3) is 0 Å². The third-order valence-corrected chi connectivity index (χ3v) is 6.02. The van der Waals surface area contributed by atoms with Crippen LogP contribution in [0.25, 0.3) is 0 Å². The van der Waals surface area contributed by atoms with Gasteiger partial charge in [-0.05, 0) is 44.8 Å². The molecule has 0 aromatic heterocycles. The van der Waals surface area contributed by atoms with Gasteiger partial charge in [-0.3, -0.25) is 0 Å². The van der Waals surface area contributed by atoms with Crippen LogP contribution >= 0.6 is 12.4 Å². The average Bonchev–Trinajstić information content (AvgIpc) is 3.18. The van der Waals surface area contributed by atoms with Crippen LogP contribution in [0.4, 0.5) is 11.4 Å². The zero-order valence-corrected chi connectivity index (χ0v) is 18.8. The molecule has 4 nitrogen and oxygen atoms in total. The summed E-state index contributed by atoms with van der Waals surface area (Å²) in [6.45, 7) is 2.02. The van der Waals surface area contributed by atoms with E-state index in [1.807, 2.05) is 6.07 Å². The summed E-state index contributed by atoms with van der Waals surface area (Å²) in [4.78, 5) is 10.8. The Labute approximate surface area is 190 Å². The lowest BCUT2D eigenvalue weighted by Gasteiger charge is -2.28. The summed E-state index contributed by atoms with van der Waals surface area (Å²) in [5.41, 5.74) is 7.10. The van der Waals surface area contributed by atoms with Crippen molar-refractivity contribution in [3.05, 3.63) is 95.6 Å². The molecule has 3 aromatic carbocycles. The summed E-state index contributed by atoms with van der Waals surface area (Å²) in [5.74, 6) is 0.0728. The van der Waals surface area contributed by atoms with Gasteiger partial charge in [-0.15, -0.1) is 12.4 Å². The normalized spacial score (nSPS) is 18.8. The third-order valence-electron chi connectivity index (χ3n) is 6.02. The van der Waals surface area contributed by atoms with Crippen molar-refractivity contribution in [2.45, 2.75) is 18.4 Å². The number of nitrogens with zero attached hydrogens (tertiary/aromatic N) is 3. The Morgan fingerprint density at radius 2 is 1.45 bits per heavy atom. The van der Waals surface area contributed by atoms with E-state index in [0.29, 0.717) is 0 Å². The molecule has 2 aliphatic heterocycles. The van der Waals surface area contributed by atoms with Crippen LogP contribution in [0, 0.1) is 0 Å². The molecule has 2 heterocycles. The number of hydrogen-bond donors (Lipinski definition) is 0. The van der Waals surface area contributed by atoms with Crippen LogP contribution in [-0.2, 0) is 4.84 Å². The number of rotatable bonds is 5. The molecule has 2 atom stereocenters. The lowest BCUT2D eigenvalue weighted by atomic mass is 9.83. The summed E-state index contributed by atoms with van der Waals surface area (Å²) in [5, 5.41) is 4.59. The molecule has 5 rings (SSSR count). The van der Waals surface area contributed by atoms with E-state index in [1.165, 1.54) is 22.5 Å². The van der Waals surface area contributed by atoms with Gasteiger partial charge in [0.2, 0.25) is 0 Å². The van der Waals surface area contributed by atoms with Crippen LogP contribution in [-0.4, -0.2) is 37.8 Å². The van der Waals surface area contributed by atoms with Gasteiger partial charge in [-0.1, -0.05) is 71.9 Å². The van der Waals surface area contributed by atoms with Gasteiger partial charge in [0, 0.05) is 29.0 Å². The number of benzene rings is 3. The Hall–Kier alpha value is -2.82. The molecule has 3 aromatic rings. The maximum Gasteiger partial charge on any atom is 0.167 e. The second-order valence-electron chi connectivity index (χ2n) is 8.27. The van der Waals surface area contributed by atoms with E-state index >= 15 is 0 Å². The molecule has 0 N–H and O–H groups in total. The Balaban J connectivity index is 0.00000231. The third kappa shape index (κ3) is 3.93. The molecule has 0 radical (unpaired) electrons. The van der Waals surface area contributed by atoms with Gasteiger partial charge >= 0.3 is 0 Å². The number of halogens is 1. The lowest BCUT2D eigenvalue weighted by molar-refractivity contribution is 0.0772. The highest BCUT2D eigenvalue weighted by Crippen LogP contribution is 2.51. The molecule has 2 unspecified atom stereocenters. The number of oxime groups is 1.